The van der Waals surface area contributed by atoms with Gasteiger partial charge in [-0.1, -0.05) is 36.4 Å². The third-order valence-corrected chi connectivity index (χ3v) is 7.29. The fourth-order valence-corrected chi connectivity index (χ4v) is 5.42. The van der Waals surface area contributed by atoms with Crippen LogP contribution in [0, 0.1) is 5.82 Å². The molecule has 1 amide bonds. The number of alkyl halides is 3. The first-order chi connectivity index (χ1) is 19.1. The maximum Gasteiger partial charge on any atom is 0.422 e. The highest BCUT2D eigenvalue weighted by atomic mass is 19.4. The van der Waals surface area contributed by atoms with Gasteiger partial charge in [0.25, 0.3) is 0 Å². The minimum Gasteiger partial charge on any atom is -0.493 e. The van der Waals surface area contributed by atoms with Gasteiger partial charge in [-0.15, -0.1) is 0 Å². The summed E-state index contributed by atoms with van der Waals surface area (Å²) >= 11 is 0. The number of aliphatic carboxylic acids is 1. The maximum atomic E-state index is 14.9. The summed E-state index contributed by atoms with van der Waals surface area (Å²) in [5.74, 6) is -1.12. The quantitative estimate of drug-likeness (QED) is 0.366. The Morgan fingerprint density at radius 1 is 1.05 bits per heavy atom. The van der Waals surface area contributed by atoms with Crippen molar-refractivity contribution >= 4 is 11.9 Å². The fourth-order valence-electron chi connectivity index (χ4n) is 5.42. The highest BCUT2D eigenvalue weighted by Crippen LogP contribution is 2.40. The molecule has 1 atom stereocenters. The van der Waals surface area contributed by atoms with E-state index in [0.717, 1.165) is 11.3 Å². The SMILES string of the molecule is O=C(O)Cc1ccc(-c2ccc(F)c3c2CN(C(=O)CC2CCOc4ccccc42)CC3)c(OCC(F)(F)F)c1. The average Bonchev–Trinajstić information content (AvgIpc) is 2.92. The van der Waals surface area contributed by atoms with Crippen LogP contribution >= 0.6 is 0 Å². The van der Waals surface area contributed by atoms with Crippen molar-refractivity contribution in [3.8, 4) is 22.6 Å². The summed E-state index contributed by atoms with van der Waals surface area (Å²) < 4.78 is 64.7. The number of carboxylic acids is 1. The Hall–Kier alpha value is -4.08. The molecule has 0 aromatic heterocycles. The number of hydrogen-bond donors (Lipinski definition) is 1. The lowest BCUT2D eigenvalue weighted by Crippen LogP contribution is -2.37. The van der Waals surface area contributed by atoms with Gasteiger partial charge in [0.05, 0.1) is 13.0 Å². The Bertz CT molecular complexity index is 1440. The summed E-state index contributed by atoms with van der Waals surface area (Å²) in [5.41, 5.74) is 2.83. The summed E-state index contributed by atoms with van der Waals surface area (Å²) in [6, 6.07) is 14.6. The Kier molecular flexibility index (Phi) is 7.69. The van der Waals surface area contributed by atoms with E-state index in [0.29, 0.717) is 36.3 Å². The number of fused-ring (bicyclic) bond motifs is 2. The minimum absolute atomic E-state index is 0.0185. The number of carboxylic acid groups (broad SMARTS) is 1. The van der Waals surface area contributed by atoms with Crippen molar-refractivity contribution in [3.05, 3.63) is 82.7 Å². The molecule has 2 aliphatic heterocycles. The van der Waals surface area contributed by atoms with Crippen molar-refractivity contribution < 1.29 is 41.7 Å². The molecule has 2 aliphatic rings. The topological polar surface area (TPSA) is 76.1 Å². The second-order valence-electron chi connectivity index (χ2n) is 10.00. The molecule has 0 aliphatic carbocycles. The Balaban J connectivity index is 1.45. The summed E-state index contributed by atoms with van der Waals surface area (Å²) in [7, 11) is 0. The molecular weight excluding hydrogens is 530 g/mol. The first kappa shape index (κ1) is 27.5. The molecule has 0 saturated carbocycles. The van der Waals surface area contributed by atoms with Crippen molar-refractivity contribution in [3.63, 3.8) is 0 Å². The van der Waals surface area contributed by atoms with E-state index >= 15 is 0 Å². The maximum absolute atomic E-state index is 14.9. The van der Waals surface area contributed by atoms with Crippen LogP contribution in [0.2, 0.25) is 0 Å². The van der Waals surface area contributed by atoms with Crippen LogP contribution in [0.5, 0.6) is 11.5 Å². The monoisotopic (exact) mass is 557 g/mol. The summed E-state index contributed by atoms with van der Waals surface area (Å²) in [5, 5.41) is 9.14. The minimum atomic E-state index is -4.62. The van der Waals surface area contributed by atoms with Crippen LogP contribution in [0.3, 0.4) is 0 Å². The number of ether oxygens (including phenoxy) is 2. The predicted molar refractivity (Wildman–Crippen MR) is 138 cm³/mol. The Morgan fingerprint density at radius 3 is 2.60 bits per heavy atom. The molecule has 210 valence electrons. The number of benzene rings is 3. The van der Waals surface area contributed by atoms with Crippen LogP contribution in [0.1, 0.15) is 41.0 Å². The lowest BCUT2D eigenvalue weighted by molar-refractivity contribution is -0.153. The van der Waals surface area contributed by atoms with Crippen LogP contribution in [0.15, 0.2) is 54.6 Å². The number of hydrogen-bond acceptors (Lipinski definition) is 4. The molecule has 0 spiro atoms. The third kappa shape index (κ3) is 6.05. The molecule has 0 radical (unpaired) electrons. The fraction of sp³-hybridized carbons (Fsp3) is 0.333. The first-order valence-electron chi connectivity index (χ1n) is 12.9. The van der Waals surface area contributed by atoms with E-state index in [4.69, 9.17) is 14.6 Å². The van der Waals surface area contributed by atoms with Gasteiger partial charge in [-0.25, -0.2) is 4.39 Å². The highest BCUT2D eigenvalue weighted by molar-refractivity contribution is 5.80. The molecule has 5 rings (SSSR count). The van der Waals surface area contributed by atoms with Crippen LogP contribution in [-0.2, 0) is 29.0 Å². The zero-order valence-electron chi connectivity index (χ0n) is 21.5. The summed E-state index contributed by atoms with van der Waals surface area (Å²) in [4.78, 5) is 26.3. The number of nitrogens with zero attached hydrogens (tertiary/aromatic N) is 1. The Morgan fingerprint density at radius 2 is 1.82 bits per heavy atom. The number of carbonyl (C=O) groups excluding carboxylic acids is 1. The van der Waals surface area contributed by atoms with Crippen LogP contribution in [-0.4, -0.2) is 47.8 Å². The van der Waals surface area contributed by atoms with Gasteiger partial charge in [0.15, 0.2) is 6.61 Å². The van der Waals surface area contributed by atoms with E-state index < -0.39 is 31.0 Å². The standard InChI is InChI=1S/C30H27F4NO5/c31-25-8-7-21(23-6-5-18(14-29(37)38)13-27(23)40-17-30(32,33)34)24-16-35(11-9-22(24)25)28(36)15-19-10-12-39-26-4-2-1-3-20(19)26/h1-8,13,19H,9-12,14-17H2,(H,37,38). The zero-order valence-corrected chi connectivity index (χ0v) is 21.5. The Labute approximate surface area is 228 Å². The summed E-state index contributed by atoms with van der Waals surface area (Å²) in [6.45, 7) is -0.670. The lowest BCUT2D eigenvalue weighted by atomic mass is 9.88. The molecule has 0 fully saturated rings. The molecule has 3 aromatic carbocycles. The van der Waals surface area contributed by atoms with Crippen molar-refractivity contribution in [1.82, 2.24) is 4.90 Å². The molecule has 1 unspecified atom stereocenters. The second-order valence-corrected chi connectivity index (χ2v) is 10.00. The normalized spacial score (nSPS) is 16.5. The van der Waals surface area contributed by atoms with E-state index in [1.54, 1.807) is 4.90 Å². The first-order valence-corrected chi connectivity index (χ1v) is 12.9. The van der Waals surface area contributed by atoms with Crippen LogP contribution in [0.4, 0.5) is 17.6 Å². The van der Waals surface area contributed by atoms with Gasteiger partial charge in [-0.3, -0.25) is 9.59 Å². The molecule has 2 heterocycles. The molecule has 3 aromatic rings. The summed E-state index contributed by atoms with van der Waals surface area (Å²) in [6.07, 6.45) is -3.82. The van der Waals surface area contributed by atoms with Crippen molar-refractivity contribution in [2.45, 2.75) is 44.3 Å². The van der Waals surface area contributed by atoms with E-state index in [1.165, 1.54) is 30.3 Å². The third-order valence-electron chi connectivity index (χ3n) is 7.29. The largest absolute Gasteiger partial charge is 0.493 e. The van der Waals surface area contributed by atoms with Crippen molar-refractivity contribution in [2.24, 2.45) is 0 Å². The zero-order chi connectivity index (χ0) is 28.4. The van der Waals surface area contributed by atoms with E-state index in [2.05, 4.69) is 0 Å². The molecule has 1 N–H and O–H groups in total. The van der Waals surface area contributed by atoms with Crippen molar-refractivity contribution in [2.75, 3.05) is 19.8 Å². The highest BCUT2D eigenvalue weighted by Gasteiger charge is 2.32. The average molecular weight is 558 g/mol. The van der Waals surface area contributed by atoms with Gasteiger partial charge in [0.1, 0.15) is 17.3 Å². The second kappa shape index (κ2) is 11.2. The van der Waals surface area contributed by atoms with Gasteiger partial charge in [0.2, 0.25) is 5.91 Å². The van der Waals surface area contributed by atoms with E-state index in [1.807, 2.05) is 24.3 Å². The number of para-hydroxylation sites is 1. The van der Waals surface area contributed by atoms with Crippen molar-refractivity contribution in [1.29, 1.82) is 0 Å². The van der Waals surface area contributed by atoms with Gasteiger partial charge in [-0.05, 0) is 64.8 Å². The number of rotatable bonds is 7. The number of carbonyl (C=O) groups is 2. The molecule has 0 bridgehead atoms. The molecule has 10 heteroatoms. The predicted octanol–water partition coefficient (Wildman–Crippen LogP) is 5.90. The lowest BCUT2D eigenvalue weighted by Gasteiger charge is -2.33. The number of halogens is 4. The molecule has 0 saturated heterocycles. The van der Waals surface area contributed by atoms with Gasteiger partial charge in [-0.2, -0.15) is 13.2 Å². The van der Waals surface area contributed by atoms with Gasteiger partial charge >= 0.3 is 12.1 Å². The van der Waals surface area contributed by atoms with E-state index in [-0.39, 0.29) is 48.1 Å². The van der Waals surface area contributed by atoms with Crippen LogP contribution in [0.25, 0.3) is 11.1 Å². The smallest absolute Gasteiger partial charge is 0.422 e. The molecule has 40 heavy (non-hydrogen) atoms. The number of amides is 1. The van der Waals surface area contributed by atoms with Gasteiger partial charge in [0, 0.05) is 25.1 Å². The molecule has 6 nitrogen and oxygen atoms in total. The molecular formula is C30H27F4NO5. The van der Waals surface area contributed by atoms with Crippen LogP contribution < -0.4 is 9.47 Å². The van der Waals surface area contributed by atoms with E-state index in [9.17, 15) is 27.2 Å². The van der Waals surface area contributed by atoms with Gasteiger partial charge < -0.3 is 19.5 Å².